The van der Waals surface area contributed by atoms with Gasteiger partial charge in [-0.15, -0.1) is 0 Å². The van der Waals surface area contributed by atoms with Gasteiger partial charge in [0, 0.05) is 20.1 Å². The molecule has 20 heavy (non-hydrogen) atoms. The van der Waals surface area contributed by atoms with E-state index in [1.54, 1.807) is 11.7 Å². The van der Waals surface area contributed by atoms with Gasteiger partial charge in [-0.2, -0.15) is 5.10 Å². The molecule has 0 spiro atoms. The van der Waals surface area contributed by atoms with Gasteiger partial charge < -0.3 is 10.6 Å². The molecule has 5 nitrogen and oxygen atoms in total. The first kappa shape index (κ1) is 12.7. The summed E-state index contributed by atoms with van der Waals surface area (Å²) in [6.45, 7) is 3.26. The number of rotatable bonds is 2. The molecule has 0 unspecified atom stereocenters. The van der Waals surface area contributed by atoms with Crippen molar-refractivity contribution in [3.8, 4) is 0 Å². The predicted octanol–water partition coefficient (Wildman–Crippen LogP) is 1.72. The van der Waals surface area contributed by atoms with Crippen molar-refractivity contribution in [1.29, 1.82) is 0 Å². The maximum Gasteiger partial charge on any atom is 0.274 e. The average Bonchev–Trinajstić information content (AvgIpc) is 2.99. The number of anilines is 1. The molecule has 5 heteroatoms. The van der Waals surface area contributed by atoms with E-state index in [0.717, 1.165) is 12.1 Å². The molecule has 0 saturated carbocycles. The highest BCUT2D eigenvalue weighted by Gasteiger charge is 2.28. The lowest BCUT2D eigenvalue weighted by Gasteiger charge is -2.15. The van der Waals surface area contributed by atoms with Crippen LogP contribution < -0.4 is 5.73 Å². The topological polar surface area (TPSA) is 64.2 Å². The van der Waals surface area contributed by atoms with Gasteiger partial charge in [0.15, 0.2) is 0 Å². The number of carbonyl (C=O) groups is 1. The third-order valence-electron chi connectivity index (χ3n) is 3.83. The molecule has 0 fully saturated rings. The molecule has 1 aromatic carbocycles. The molecule has 1 aliphatic heterocycles. The first-order valence-electron chi connectivity index (χ1n) is 6.79. The maximum absolute atomic E-state index is 12.7. The van der Waals surface area contributed by atoms with E-state index in [0.29, 0.717) is 24.5 Å². The van der Waals surface area contributed by atoms with Crippen LogP contribution in [-0.4, -0.2) is 20.6 Å². The van der Waals surface area contributed by atoms with Gasteiger partial charge in [0.1, 0.15) is 5.69 Å². The Labute approximate surface area is 118 Å². The van der Waals surface area contributed by atoms with E-state index in [-0.39, 0.29) is 5.91 Å². The number of fused-ring (bicyclic) bond motifs is 1. The van der Waals surface area contributed by atoms with Gasteiger partial charge in [-0.1, -0.05) is 31.2 Å². The first-order valence-corrected chi connectivity index (χ1v) is 6.79. The van der Waals surface area contributed by atoms with Gasteiger partial charge in [0.2, 0.25) is 0 Å². The zero-order valence-corrected chi connectivity index (χ0v) is 11.8. The zero-order chi connectivity index (χ0) is 14.3. The number of nitrogen functional groups attached to an aromatic ring is 1. The smallest absolute Gasteiger partial charge is 0.274 e. The number of hydrogen-bond acceptors (Lipinski definition) is 3. The Balaban J connectivity index is 1.90. The average molecular weight is 270 g/mol. The summed E-state index contributed by atoms with van der Waals surface area (Å²) in [6.07, 6.45) is 0.729. The van der Waals surface area contributed by atoms with E-state index in [1.807, 2.05) is 24.0 Å². The lowest BCUT2D eigenvalue weighted by molar-refractivity contribution is 0.0741. The highest BCUT2D eigenvalue weighted by Crippen LogP contribution is 2.26. The minimum Gasteiger partial charge on any atom is -0.395 e. The molecular formula is C15H18N4O. The summed E-state index contributed by atoms with van der Waals surface area (Å²) >= 11 is 0. The Morgan fingerprint density at radius 1 is 1.30 bits per heavy atom. The van der Waals surface area contributed by atoms with Crippen molar-refractivity contribution in [1.82, 2.24) is 14.7 Å². The number of hydrogen-bond donors (Lipinski definition) is 1. The van der Waals surface area contributed by atoms with Crippen LogP contribution in [0.25, 0.3) is 0 Å². The number of amides is 1. The van der Waals surface area contributed by atoms with E-state index in [9.17, 15) is 4.79 Å². The lowest BCUT2D eigenvalue weighted by atomic mass is 10.1. The molecule has 1 amide bonds. The van der Waals surface area contributed by atoms with Crippen LogP contribution in [0.5, 0.6) is 0 Å². The number of nitrogens with two attached hydrogens (primary N) is 1. The summed E-state index contributed by atoms with van der Waals surface area (Å²) in [5.41, 5.74) is 10.3. The molecule has 0 bridgehead atoms. The van der Waals surface area contributed by atoms with Crippen LogP contribution in [0.15, 0.2) is 24.3 Å². The van der Waals surface area contributed by atoms with Crippen molar-refractivity contribution in [3.05, 3.63) is 46.8 Å². The van der Waals surface area contributed by atoms with E-state index < -0.39 is 0 Å². The van der Waals surface area contributed by atoms with Crippen LogP contribution >= 0.6 is 0 Å². The summed E-state index contributed by atoms with van der Waals surface area (Å²) < 4.78 is 1.60. The van der Waals surface area contributed by atoms with Crippen LogP contribution in [0, 0.1) is 0 Å². The number of benzene rings is 1. The minimum atomic E-state index is -0.0478. The van der Waals surface area contributed by atoms with Gasteiger partial charge in [0.05, 0.1) is 11.4 Å². The largest absolute Gasteiger partial charge is 0.395 e. The van der Waals surface area contributed by atoms with Gasteiger partial charge in [0.25, 0.3) is 5.91 Å². The van der Waals surface area contributed by atoms with Crippen LogP contribution in [0.4, 0.5) is 5.69 Å². The van der Waals surface area contributed by atoms with Crippen LogP contribution in [0.1, 0.15) is 34.2 Å². The SMILES string of the molecule is CCc1nn(C)c(C(=O)N2Cc3ccccc3C2)c1N. The predicted molar refractivity (Wildman–Crippen MR) is 77.0 cm³/mol. The number of nitrogens with zero attached hydrogens (tertiary/aromatic N) is 3. The second-order valence-corrected chi connectivity index (χ2v) is 5.12. The van der Waals surface area contributed by atoms with Gasteiger partial charge in [-0.3, -0.25) is 9.48 Å². The molecule has 0 radical (unpaired) electrons. The highest BCUT2D eigenvalue weighted by atomic mass is 16.2. The van der Waals surface area contributed by atoms with Gasteiger partial charge in [-0.05, 0) is 17.5 Å². The molecule has 2 aromatic rings. The molecule has 0 atom stereocenters. The summed E-state index contributed by atoms with van der Waals surface area (Å²) in [4.78, 5) is 14.5. The number of carbonyl (C=O) groups excluding carboxylic acids is 1. The zero-order valence-electron chi connectivity index (χ0n) is 11.8. The molecular weight excluding hydrogens is 252 g/mol. The van der Waals surface area contributed by atoms with Crippen molar-refractivity contribution in [3.63, 3.8) is 0 Å². The van der Waals surface area contributed by atoms with E-state index in [4.69, 9.17) is 5.73 Å². The minimum absolute atomic E-state index is 0.0478. The van der Waals surface area contributed by atoms with E-state index >= 15 is 0 Å². The molecule has 3 rings (SSSR count). The molecule has 0 saturated heterocycles. The Hall–Kier alpha value is -2.30. The first-order chi connectivity index (χ1) is 9.61. The van der Waals surface area contributed by atoms with Crippen molar-refractivity contribution in [2.24, 2.45) is 7.05 Å². The van der Waals surface area contributed by atoms with E-state index in [1.165, 1.54) is 11.1 Å². The number of aromatic nitrogens is 2. The summed E-state index contributed by atoms with van der Waals surface area (Å²) in [5.74, 6) is -0.0478. The lowest BCUT2D eigenvalue weighted by Crippen LogP contribution is -2.28. The van der Waals surface area contributed by atoms with Gasteiger partial charge >= 0.3 is 0 Å². The summed E-state index contributed by atoms with van der Waals surface area (Å²) in [6, 6.07) is 8.13. The Morgan fingerprint density at radius 2 is 1.90 bits per heavy atom. The Kier molecular flexibility index (Phi) is 2.97. The monoisotopic (exact) mass is 270 g/mol. The standard InChI is InChI=1S/C15H18N4O/c1-3-12-13(16)14(18(2)17-12)15(20)19-8-10-6-4-5-7-11(10)9-19/h4-7H,3,8-9,16H2,1-2H3. The Morgan fingerprint density at radius 3 is 2.40 bits per heavy atom. The fourth-order valence-electron chi connectivity index (χ4n) is 2.74. The molecule has 104 valence electrons. The van der Waals surface area contributed by atoms with Crippen molar-refractivity contribution in [2.75, 3.05) is 5.73 Å². The summed E-state index contributed by atoms with van der Waals surface area (Å²) in [5, 5.41) is 4.31. The summed E-state index contributed by atoms with van der Waals surface area (Å²) in [7, 11) is 1.77. The second-order valence-electron chi connectivity index (χ2n) is 5.12. The second kappa shape index (κ2) is 4.67. The van der Waals surface area contributed by atoms with Crippen LogP contribution in [-0.2, 0) is 26.6 Å². The maximum atomic E-state index is 12.7. The third-order valence-corrected chi connectivity index (χ3v) is 3.83. The normalized spacial score (nSPS) is 13.6. The Bertz CT molecular complexity index is 650. The third kappa shape index (κ3) is 1.86. The van der Waals surface area contributed by atoms with Crippen molar-refractivity contribution >= 4 is 11.6 Å². The fraction of sp³-hybridized carbons (Fsp3) is 0.333. The number of aryl methyl sites for hydroxylation is 2. The highest BCUT2D eigenvalue weighted by molar-refractivity contribution is 5.98. The molecule has 0 aliphatic carbocycles. The van der Waals surface area contributed by atoms with Crippen LogP contribution in [0.2, 0.25) is 0 Å². The molecule has 2 N–H and O–H groups in total. The van der Waals surface area contributed by atoms with Crippen molar-refractivity contribution in [2.45, 2.75) is 26.4 Å². The molecule has 1 aliphatic rings. The quantitative estimate of drug-likeness (QED) is 0.903. The van der Waals surface area contributed by atoms with Crippen LogP contribution in [0.3, 0.4) is 0 Å². The van der Waals surface area contributed by atoms with Crippen molar-refractivity contribution < 1.29 is 4.79 Å². The molecule has 2 heterocycles. The fourth-order valence-corrected chi connectivity index (χ4v) is 2.74. The van der Waals surface area contributed by atoms with E-state index in [2.05, 4.69) is 17.2 Å². The van der Waals surface area contributed by atoms with Gasteiger partial charge in [-0.25, -0.2) is 0 Å². The molecule has 1 aromatic heterocycles.